The Morgan fingerprint density at radius 3 is 2.39 bits per heavy atom. The quantitative estimate of drug-likeness (QED) is 0.841. The Morgan fingerprint density at radius 2 is 1.78 bits per heavy atom. The lowest BCUT2D eigenvalue weighted by Gasteiger charge is -2.38. The van der Waals surface area contributed by atoms with Gasteiger partial charge in [0, 0.05) is 0 Å². The van der Waals surface area contributed by atoms with E-state index in [1.165, 1.54) is 0 Å². The standard InChI is InChI=1S/C14H26O3S/c1-10-6-7-12(9-11(10)2)14(15)13-5-3-4-8-18(13,16)17/h10-15H,3-9H2,1-2H3. The van der Waals surface area contributed by atoms with E-state index in [-0.39, 0.29) is 11.7 Å². The fraction of sp³-hybridized carbons (Fsp3) is 1.00. The molecule has 106 valence electrons. The second-order valence-electron chi connectivity index (χ2n) is 6.42. The van der Waals surface area contributed by atoms with Crippen molar-refractivity contribution in [3.05, 3.63) is 0 Å². The van der Waals surface area contributed by atoms with Gasteiger partial charge in [0.2, 0.25) is 0 Å². The Morgan fingerprint density at radius 1 is 1.06 bits per heavy atom. The molecule has 1 aliphatic carbocycles. The van der Waals surface area contributed by atoms with Crippen molar-refractivity contribution in [3.63, 3.8) is 0 Å². The molecular formula is C14H26O3S. The second kappa shape index (κ2) is 5.49. The van der Waals surface area contributed by atoms with Crippen LogP contribution in [0.2, 0.25) is 0 Å². The van der Waals surface area contributed by atoms with Crippen LogP contribution in [-0.2, 0) is 9.84 Å². The molecule has 2 aliphatic rings. The molecule has 18 heavy (non-hydrogen) atoms. The molecular weight excluding hydrogens is 248 g/mol. The van der Waals surface area contributed by atoms with Crippen molar-refractivity contribution in [3.8, 4) is 0 Å². The van der Waals surface area contributed by atoms with Gasteiger partial charge in [0.1, 0.15) is 0 Å². The van der Waals surface area contributed by atoms with Crippen molar-refractivity contribution < 1.29 is 13.5 Å². The minimum atomic E-state index is -3.05. The summed E-state index contributed by atoms with van der Waals surface area (Å²) in [5.41, 5.74) is 0. The maximum absolute atomic E-state index is 12.1. The molecule has 0 aromatic rings. The molecule has 1 heterocycles. The summed E-state index contributed by atoms with van der Waals surface area (Å²) in [7, 11) is -3.05. The van der Waals surface area contributed by atoms with Gasteiger partial charge in [-0.2, -0.15) is 0 Å². The van der Waals surface area contributed by atoms with E-state index in [1.807, 2.05) is 0 Å². The van der Waals surface area contributed by atoms with Gasteiger partial charge < -0.3 is 5.11 Å². The monoisotopic (exact) mass is 274 g/mol. The minimum Gasteiger partial charge on any atom is -0.391 e. The van der Waals surface area contributed by atoms with Crippen molar-refractivity contribution >= 4 is 9.84 Å². The molecule has 1 aliphatic heterocycles. The summed E-state index contributed by atoms with van der Waals surface area (Å²) in [6.07, 6.45) is 4.82. The molecule has 2 fully saturated rings. The number of aliphatic hydroxyl groups is 1. The fourth-order valence-electron chi connectivity index (χ4n) is 3.57. The lowest BCUT2D eigenvalue weighted by molar-refractivity contribution is 0.0505. The molecule has 3 nitrogen and oxygen atoms in total. The average molecular weight is 274 g/mol. The first-order valence-electron chi connectivity index (χ1n) is 7.31. The Bertz CT molecular complexity index is 377. The first kappa shape index (κ1) is 14.3. The zero-order chi connectivity index (χ0) is 13.3. The van der Waals surface area contributed by atoms with Crippen LogP contribution in [0.4, 0.5) is 0 Å². The zero-order valence-corrected chi connectivity index (χ0v) is 12.3. The maximum Gasteiger partial charge on any atom is 0.155 e. The highest BCUT2D eigenvalue weighted by Gasteiger charge is 2.40. The smallest absolute Gasteiger partial charge is 0.155 e. The molecule has 0 radical (unpaired) electrons. The first-order chi connectivity index (χ1) is 8.42. The van der Waals surface area contributed by atoms with Crippen molar-refractivity contribution in [1.82, 2.24) is 0 Å². The van der Waals surface area contributed by atoms with Gasteiger partial charge >= 0.3 is 0 Å². The van der Waals surface area contributed by atoms with Gasteiger partial charge in [0.25, 0.3) is 0 Å². The largest absolute Gasteiger partial charge is 0.391 e. The van der Waals surface area contributed by atoms with Gasteiger partial charge in [0.15, 0.2) is 9.84 Å². The fourth-order valence-corrected chi connectivity index (χ4v) is 5.65. The lowest BCUT2D eigenvalue weighted by Crippen LogP contribution is -2.44. The Hall–Kier alpha value is -0.0900. The third kappa shape index (κ3) is 2.90. The number of rotatable bonds is 2. The summed E-state index contributed by atoms with van der Waals surface area (Å²) >= 11 is 0. The second-order valence-corrected chi connectivity index (χ2v) is 8.76. The van der Waals surface area contributed by atoms with Crippen LogP contribution in [0.25, 0.3) is 0 Å². The van der Waals surface area contributed by atoms with Gasteiger partial charge in [0.05, 0.1) is 17.1 Å². The van der Waals surface area contributed by atoms with Crippen molar-refractivity contribution in [2.75, 3.05) is 5.75 Å². The highest BCUT2D eigenvalue weighted by molar-refractivity contribution is 7.92. The van der Waals surface area contributed by atoms with Crippen LogP contribution in [-0.4, -0.2) is 30.6 Å². The minimum absolute atomic E-state index is 0.189. The molecule has 1 N–H and O–H groups in total. The predicted octanol–water partition coefficient (Wildman–Crippen LogP) is 2.39. The molecule has 0 spiro atoms. The molecule has 0 bridgehead atoms. The Balaban J connectivity index is 2.04. The van der Waals surface area contributed by atoms with E-state index in [0.29, 0.717) is 18.3 Å². The van der Waals surface area contributed by atoms with Crippen LogP contribution in [0.3, 0.4) is 0 Å². The third-order valence-corrected chi connectivity index (χ3v) is 7.43. The third-order valence-electron chi connectivity index (χ3n) is 5.13. The molecule has 0 aromatic carbocycles. The van der Waals surface area contributed by atoms with E-state index in [4.69, 9.17) is 0 Å². The van der Waals surface area contributed by atoms with Crippen LogP contribution in [0, 0.1) is 17.8 Å². The molecule has 4 heteroatoms. The van der Waals surface area contributed by atoms with Crippen molar-refractivity contribution in [2.45, 2.75) is 63.7 Å². The molecule has 5 unspecified atom stereocenters. The maximum atomic E-state index is 12.1. The summed E-state index contributed by atoms with van der Waals surface area (Å²) in [6, 6.07) is 0. The number of sulfone groups is 1. The normalized spacial score (nSPS) is 42.4. The molecule has 1 saturated carbocycles. The average Bonchev–Trinajstić information content (AvgIpc) is 2.31. The number of aliphatic hydroxyl groups excluding tert-OH is 1. The van der Waals surface area contributed by atoms with E-state index < -0.39 is 21.2 Å². The predicted molar refractivity (Wildman–Crippen MR) is 73.1 cm³/mol. The van der Waals surface area contributed by atoms with E-state index in [2.05, 4.69) is 13.8 Å². The van der Waals surface area contributed by atoms with Gasteiger partial charge in [-0.15, -0.1) is 0 Å². The zero-order valence-electron chi connectivity index (χ0n) is 11.5. The summed E-state index contributed by atoms with van der Waals surface area (Å²) in [6.45, 7) is 4.48. The van der Waals surface area contributed by atoms with Crippen LogP contribution in [0.1, 0.15) is 52.4 Å². The van der Waals surface area contributed by atoms with Gasteiger partial charge in [-0.05, 0) is 43.4 Å². The molecule has 1 saturated heterocycles. The summed E-state index contributed by atoms with van der Waals surface area (Å²) in [5, 5.41) is 9.97. The topological polar surface area (TPSA) is 54.4 Å². The first-order valence-corrected chi connectivity index (χ1v) is 9.03. The van der Waals surface area contributed by atoms with Gasteiger partial charge in [-0.1, -0.05) is 26.7 Å². The van der Waals surface area contributed by atoms with Crippen molar-refractivity contribution in [1.29, 1.82) is 0 Å². The molecule has 0 amide bonds. The van der Waals surface area contributed by atoms with E-state index in [0.717, 1.165) is 32.1 Å². The van der Waals surface area contributed by atoms with E-state index >= 15 is 0 Å². The van der Waals surface area contributed by atoms with Crippen molar-refractivity contribution in [2.24, 2.45) is 17.8 Å². The van der Waals surface area contributed by atoms with Crippen LogP contribution in [0.5, 0.6) is 0 Å². The van der Waals surface area contributed by atoms with E-state index in [1.54, 1.807) is 0 Å². The molecule has 0 aromatic heterocycles. The van der Waals surface area contributed by atoms with Crippen LogP contribution < -0.4 is 0 Å². The van der Waals surface area contributed by atoms with Crippen LogP contribution in [0.15, 0.2) is 0 Å². The Kier molecular flexibility index (Phi) is 4.37. The Labute approximate surface area is 111 Å². The number of hydrogen-bond donors (Lipinski definition) is 1. The lowest BCUT2D eigenvalue weighted by atomic mass is 9.73. The molecule has 2 rings (SSSR count). The van der Waals surface area contributed by atoms with E-state index in [9.17, 15) is 13.5 Å². The van der Waals surface area contributed by atoms with Gasteiger partial charge in [-0.25, -0.2) is 8.42 Å². The SMILES string of the molecule is CC1CCC(C(O)C2CCCCS2(=O)=O)CC1C. The summed E-state index contributed by atoms with van der Waals surface area (Å²) in [4.78, 5) is 0. The highest BCUT2D eigenvalue weighted by atomic mass is 32.2. The summed E-state index contributed by atoms with van der Waals surface area (Å²) < 4.78 is 24.1. The highest BCUT2D eigenvalue weighted by Crippen LogP contribution is 2.38. The number of hydrogen-bond acceptors (Lipinski definition) is 3. The van der Waals surface area contributed by atoms with Crippen LogP contribution >= 0.6 is 0 Å². The summed E-state index contributed by atoms with van der Waals surface area (Å²) in [5.74, 6) is 1.77. The van der Waals surface area contributed by atoms with Gasteiger partial charge in [-0.3, -0.25) is 0 Å². The molecule has 5 atom stereocenters.